The van der Waals surface area contributed by atoms with Crippen LogP contribution in [0.3, 0.4) is 0 Å². The highest BCUT2D eigenvalue weighted by molar-refractivity contribution is 6.10. The molecule has 212 valence electrons. The number of carbonyl (C=O) groups excluding carboxylic acids is 2. The number of ether oxygens (including phenoxy) is 3. The number of hydrogen-bond donors (Lipinski definition) is 0. The van der Waals surface area contributed by atoms with Crippen molar-refractivity contribution in [2.45, 2.75) is 45.6 Å². The number of rotatable bonds is 11. The summed E-state index contributed by atoms with van der Waals surface area (Å²) in [6.07, 6.45) is 3.60. The fourth-order valence-electron chi connectivity index (χ4n) is 4.95. The number of anilines is 1. The van der Waals surface area contributed by atoms with Crippen LogP contribution < -0.4 is 19.8 Å². The zero-order valence-electron chi connectivity index (χ0n) is 23.5. The number of methoxy groups -OCH3 is 1. The van der Waals surface area contributed by atoms with E-state index < -0.39 is 17.9 Å². The van der Waals surface area contributed by atoms with Crippen molar-refractivity contribution in [3.63, 3.8) is 0 Å². The Morgan fingerprint density at radius 2 is 1.63 bits per heavy atom. The maximum Gasteiger partial charge on any atom is 0.338 e. The molecule has 4 aromatic rings. The number of para-hydroxylation sites is 1. The molecule has 0 aliphatic carbocycles. The standard InChI is InChI=1S/C33H33NO7/c1-4-6-18-39-26-17-14-22(20-27(26)38-3)29-28-30(35)24-10-8-9-11-25(24)41-31(28)32(36)34(29)23-15-12-21(13-16-23)33(37)40-19-7-5-2/h8-17,20,29H,4-7,18-19H2,1-3H3. The predicted molar refractivity (Wildman–Crippen MR) is 156 cm³/mol. The molecular formula is C33H33NO7. The Labute approximate surface area is 238 Å². The first-order valence-electron chi connectivity index (χ1n) is 14.0. The maximum absolute atomic E-state index is 13.9. The molecule has 0 bridgehead atoms. The second-order valence-electron chi connectivity index (χ2n) is 9.90. The molecule has 1 aromatic heterocycles. The van der Waals surface area contributed by atoms with Crippen molar-refractivity contribution in [1.82, 2.24) is 0 Å². The van der Waals surface area contributed by atoms with E-state index in [4.69, 9.17) is 18.6 Å². The van der Waals surface area contributed by atoms with Gasteiger partial charge in [-0.1, -0.05) is 44.9 Å². The lowest BCUT2D eigenvalue weighted by Crippen LogP contribution is -2.29. The highest BCUT2D eigenvalue weighted by atomic mass is 16.5. The second kappa shape index (κ2) is 12.3. The number of amides is 1. The van der Waals surface area contributed by atoms with Gasteiger partial charge < -0.3 is 18.6 Å². The average Bonchev–Trinajstić information content (AvgIpc) is 3.29. The van der Waals surface area contributed by atoms with E-state index in [1.807, 2.05) is 13.0 Å². The minimum Gasteiger partial charge on any atom is -0.493 e. The Balaban J connectivity index is 1.60. The Morgan fingerprint density at radius 3 is 2.37 bits per heavy atom. The molecule has 3 aromatic carbocycles. The van der Waals surface area contributed by atoms with Crippen LogP contribution in [0, 0.1) is 0 Å². The summed E-state index contributed by atoms with van der Waals surface area (Å²) in [6, 6.07) is 18.1. The number of carbonyl (C=O) groups is 2. The van der Waals surface area contributed by atoms with Gasteiger partial charge in [-0.3, -0.25) is 14.5 Å². The van der Waals surface area contributed by atoms with Crippen LogP contribution in [0.4, 0.5) is 5.69 Å². The molecule has 0 saturated carbocycles. The van der Waals surface area contributed by atoms with Crippen molar-refractivity contribution in [2.75, 3.05) is 25.2 Å². The largest absolute Gasteiger partial charge is 0.493 e. The topological polar surface area (TPSA) is 95.3 Å². The van der Waals surface area contributed by atoms with E-state index in [-0.39, 0.29) is 16.8 Å². The lowest BCUT2D eigenvalue weighted by molar-refractivity contribution is 0.0499. The third-order valence-electron chi connectivity index (χ3n) is 7.15. The molecule has 0 saturated heterocycles. The van der Waals surface area contributed by atoms with Gasteiger partial charge in [-0.25, -0.2) is 4.79 Å². The van der Waals surface area contributed by atoms with Gasteiger partial charge in [0.25, 0.3) is 5.91 Å². The van der Waals surface area contributed by atoms with Crippen molar-refractivity contribution in [3.8, 4) is 11.5 Å². The number of unbranched alkanes of at least 4 members (excludes halogenated alkanes) is 2. The molecule has 1 aliphatic heterocycles. The van der Waals surface area contributed by atoms with Crippen molar-refractivity contribution in [1.29, 1.82) is 0 Å². The van der Waals surface area contributed by atoms with Gasteiger partial charge in [-0.15, -0.1) is 0 Å². The SMILES string of the molecule is CCCCOC(=O)c1ccc(N2C(=O)c3oc4ccccc4c(=O)c3C2c2ccc(OCCCC)c(OC)c2)cc1. The van der Waals surface area contributed by atoms with Crippen LogP contribution in [0.1, 0.15) is 77.6 Å². The Morgan fingerprint density at radius 1 is 0.902 bits per heavy atom. The van der Waals surface area contributed by atoms with E-state index in [1.54, 1.807) is 67.8 Å². The molecule has 41 heavy (non-hydrogen) atoms. The summed E-state index contributed by atoms with van der Waals surface area (Å²) < 4.78 is 22.9. The first-order chi connectivity index (χ1) is 20.0. The molecule has 8 heteroatoms. The summed E-state index contributed by atoms with van der Waals surface area (Å²) in [7, 11) is 1.55. The number of hydrogen-bond acceptors (Lipinski definition) is 7. The van der Waals surface area contributed by atoms with Gasteiger partial charge in [0.1, 0.15) is 5.58 Å². The van der Waals surface area contributed by atoms with E-state index in [2.05, 4.69) is 6.92 Å². The van der Waals surface area contributed by atoms with E-state index in [0.29, 0.717) is 52.5 Å². The first-order valence-corrected chi connectivity index (χ1v) is 14.0. The molecule has 0 spiro atoms. The van der Waals surface area contributed by atoms with Crippen LogP contribution in [0.15, 0.2) is 75.9 Å². The smallest absolute Gasteiger partial charge is 0.338 e. The quantitative estimate of drug-likeness (QED) is 0.150. The minimum atomic E-state index is -0.792. The van der Waals surface area contributed by atoms with E-state index in [9.17, 15) is 14.4 Å². The van der Waals surface area contributed by atoms with Crippen LogP contribution in [-0.2, 0) is 4.74 Å². The van der Waals surface area contributed by atoms with Gasteiger partial charge >= 0.3 is 5.97 Å². The zero-order valence-corrected chi connectivity index (χ0v) is 23.5. The molecule has 1 amide bonds. The van der Waals surface area contributed by atoms with Gasteiger partial charge in [-0.05, 0) is 66.9 Å². The van der Waals surface area contributed by atoms with Crippen LogP contribution in [0.5, 0.6) is 11.5 Å². The molecule has 0 radical (unpaired) electrons. The van der Waals surface area contributed by atoms with E-state index in [1.165, 1.54) is 4.90 Å². The van der Waals surface area contributed by atoms with Crippen molar-refractivity contribution >= 4 is 28.5 Å². The molecule has 1 aliphatic rings. The molecule has 1 atom stereocenters. The molecule has 0 fully saturated rings. The summed E-state index contributed by atoms with van der Waals surface area (Å²) >= 11 is 0. The molecule has 0 N–H and O–H groups in total. The van der Waals surface area contributed by atoms with E-state index >= 15 is 0 Å². The van der Waals surface area contributed by atoms with Crippen LogP contribution in [-0.4, -0.2) is 32.2 Å². The van der Waals surface area contributed by atoms with Gasteiger partial charge in [-0.2, -0.15) is 0 Å². The first kappa shape index (κ1) is 28.0. The number of benzene rings is 3. The van der Waals surface area contributed by atoms with Gasteiger partial charge in [0.15, 0.2) is 16.9 Å². The monoisotopic (exact) mass is 555 g/mol. The van der Waals surface area contributed by atoms with Gasteiger partial charge in [0, 0.05) is 5.69 Å². The molecule has 2 heterocycles. The second-order valence-corrected chi connectivity index (χ2v) is 9.90. The van der Waals surface area contributed by atoms with E-state index in [0.717, 1.165) is 25.7 Å². The van der Waals surface area contributed by atoms with Crippen LogP contribution in [0.2, 0.25) is 0 Å². The highest BCUT2D eigenvalue weighted by Gasteiger charge is 2.44. The lowest BCUT2D eigenvalue weighted by Gasteiger charge is -2.26. The van der Waals surface area contributed by atoms with Crippen molar-refractivity contribution in [3.05, 3.63) is 99.4 Å². The fourth-order valence-corrected chi connectivity index (χ4v) is 4.95. The zero-order chi connectivity index (χ0) is 28.9. The van der Waals surface area contributed by atoms with Crippen LogP contribution >= 0.6 is 0 Å². The third-order valence-corrected chi connectivity index (χ3v) is 7.15. The Hall–Kier alpha value is -4.59. The molecular weight excluding hydrogens is 522 g/mol. The van der Waals surface area contributed by atoms with Gasteiger partial charge in [0.2, 0.25) is 5.76 Å². The summed E-state index contributed by atoms with van der Waals surface area (Å²) in [5.74, 6) is 0.188. The van der Waals surface area contributed by atoms with Crippen molar-refractivity contribution in [2.24, 2.45) is 0 Å². The Kier molecular flexibility index (Phi) is 8.38. The van der Waals surface area contributed by atoms with Crippen LogP contribution in [0.25, 0.3) is 11.0 Å². The van der Waals surface area contributed by atoms with Crippen molar-refractivity contribution < 1.29 is 28.2 Å². The molecule has 1 unspecified atom stereocenters. The number of nitrogens with zero attached hydrogens (tertiary/aromatic N) is 1. The maximum atomic E-state index is 13.9. The summed E-state index contributed by atoms with van der Waals surface area (Å²) in [6.45, 7) is 5.01. The lowest BCUT2D eigenvalue weighted by atomic mass is 9.97. The molecule has 5 rings (SSSR count). The summed E-state index contributed by atoms with van der Waals surface area (Å²) in [4.78, 5) is 41.7. The highest BCUT2D eigenvalue weighted by Crippen LogP contribution is 2.43. The summed E-state index contributed by atoms with van der Waals surface area (Å²) in [5.41, 5.74) is 1.84. The average molecular weight is 556 g/mol. The minimum absolute atomic E-state index is 0.0102. The molecule has 8 nitrogen and oxygen atoms in total. The predicted octanol–water partition coefficient (Wildman–Crippen LogP) is 6.69. The Bertz CT molecular complexity index is 1620. The number of esters is 1. The van der Waals surface area contributed by atoms with Gasteiger partial charge in [0.05, 0.1) is 42.9 Å². The summed E-state index contributed by atoms with van der Waals surface area (Å²) in [5, 5.41) is 0.391. The fraction of sp³-hybridized carbons (Fsp3) is 0.303. The third kappa shape index (κ3) is 5.42. The number of fused-ring (bicyclic) bond motifs is 2. The normalized spacial score (nSPS) is 14.3.